The van der Waals surface area contributed by atoms with Gasteiger partial charge in [0.25, 0.3) is 0 Å². The van der Waals surface area contributed by atoms with E-state index in [1.807, 2.05) is 0 Å². The SMILES string of the molecule is CN1CCCN(C)C(c2ccccc2)C1. The molecule has 0 amide bonds. The first-order valence-electron chi connectivity index (χ1n) is 5.71. The fraction of sp³-hybridized carbons (Fsp3) is 0.538. The maximum atomic E-state index is 2.47. The second kappa shape index (κ2) is 4.77. The van der Waals surface area contributed by atoms with Gasteiger partial charge in [0, 0.05) is 12.6 Å². The highest BCUT2D eigenvalue weighted by Crippen LogP contribution is 2.22. The molecule has 2 nitrogen and oxygen atoms in total. The predicted molar refractivity (Wildman–Crippen MR) is 63.9 cm³/mol. The molecule has 0 N–H and O–H groups in total. The quantitative estimate of drug-likeness (QED) is 0.690. The molecule has 15 heavy (non-hydrogen) atoms. The largest absolute Gasteiger partial charge is 0.304 e. The average Bonchev–Trinajstić information content (AvgIpc) is 2.42. The summed E-state index contributed by atoms with van der Waals surface area (Å²) in [4.78, 5) is 4.90. The van der Waals surface area contributed by atoms with Gasteiger partial charge in [-0.2, -0.15) is 0 Å². The molecule has 0 bridgehead atoms. The number of nitrogens with zero attached hydrogens (tertiary/aromatic N) is 2. The number of hydrogen-bond donors (Lipinski definition) is 0. The second-order valence-electron chi connectivity index (χ2n) is 4.52. The lowest BCUT2D eigenvalue weighted by Gasteiger charge is -2.27. The first-order valence-corrected chi connectivity index (χ1v) is 5.71. The molecule has 1 aromatic carbocycles. The first-order chi connectivity index (χ1) is 7.27. The molecule has 0 aliphatic carbocycles. The molecule has 0 saturated carbocycles. The Balaban J connectivity index is 2.18. The third kappa shape index (κ3) is 2.58. The third-order valence-electron chi connectivity index (χ3n) is 3.25. The van der Waals surface area contributed by atoms with Crippen molar-refractivity contribution in [2.45, 2.75) is 12.5 Å². The van der Waals surface area contributed by atoms with Crippen molar-refractivity contribution in [1.29, 1.82) is 0 Å². The minimum Gasteiger partial charge on any atom is -0.304 e. The van der Waals surface area contributed by atoms with Crippen LogP contribution in [0.25, 0.3) is 0 Å². The van der Waals surface area contributed by atoms with Gasteiger partial charge >= 0.3 is 0 Å². The Bertz CT molecular complexity index is 297. The summed E-state index contributed by atoms with van der Waals surface area (Å²) in [6, 6.07) is 11.4. The van der Waals surface area contributed by atoms with Crippen molar-refractivity contribution in [3.05, 3.63) is 35.9 Å². The van der Waals surface area contributed by atoms with Gasteiger partial charge in [-0.25, -0.2) is 0 Å². The molecule has 2 heteroatoms. The van der Waals surface area contributed by atoms with Crippen LogP contribution in [0.5, 0.6) is 0 Å². The van der Waals surface area contributed by atoms with E-state index in [0.29, 0.717) is 6.04 Å². The molecular formula is C13H20N2. The third-order valence-corrected chi connectivity index (χ3v) is 3.25. The molecule has 1 unspecified atom stereocenters. The number of likely N-dealkylation sites (N-methyl/N-ethyl adjacent to an activating group) is 2. The molecule has 2 rings (SSSR count). The normalized spacial score (nSPS) is 25.1. The Morgan fingerprint density at radius 1 is 1.07 bits per heavy atom. The van der Waals surface area contributed by atoms with Crippen LogP contribution in [0.3, 0.4) is 0 Å². The van der Waals surface area contributed by atoms with E-state index in [-0.39, 0.29) is 0 Å². The summed E-state index contributed by atoms with van der Waals surface area (Å²) in [5.74, 6) is 0. The van der Waals surface area contributed by atoms with Gasteiger partial charge in [0.2, 0.25) is 0 Å². The van der Waals surface area contributed by atoms with Crippen LogP contribution in [0.2, 0.25) is 0 Å². The molecule has 1 aliphatic rings. The zero-order valence-corrected chi connectivity index (χ0v) is 9.69. The Labute approximate surface area is 92.5 Å². The van der Waals surface area contributed by atoms with Crippen LogP contribution >= 0.6 is 0 Å². The van der Waals surface area contributed by atoms with Crippen molar-refractivity contribution in [3.8, 4) is 0 Å². The highest BCUT2D eigenvalue weighted by atomic mass is 15.2. The van der Waals surface area contributed by atoms with E-state index in [1.54, 1.807) is 0 Å². The summed E-state index contributed by atoms with van der Waals surface area (Å²) >= 11 is 0. The second-order valence-corrected chi connectivity index (χ2v) is 4.52. The Hall–Kier alpha value is -0.860. The highest BCUT2D eigenvalue weighted by molar-refractivity contribution is 5.19. The average molecular weight is 204 g/mol. The highest BCUT2D eigenvalue weighted by Gasteiger charge is 2.21. The molecule has 1 heterocycles. The fourth-order valence-electron chi connectivity index (χ4n) is 2.31. The number of benzene rings is 1. The van der Waals surface area contributed by atoms with Gasteiger partial charge in [0.05, 0.1) is 0 Å². The zero-order chi connectivity index (χ0) is 10.7. The molecule has 1 saturated heterocycles. The van der Waals surface area contributed by atoms with Gasteiger partial charge < -0.3 is 4.90 Å². The molecule has 1 atom stereocenters. The van der Waals surface area contributed by atoms with Crippen LogP contribution in [0.4, 0.5) is 0 Å². The van der Waals surface area contributed by atoms with Crippen molar-refractivity contribution in [3.63, 3.8) is 0 Å². The Kier molecular flexibility index (Phi) is 3.39. The lowest BCUT2D eigenvalue weighted by molar-refractivity contribution is 0.228. The maximum absolute atomic E-state index is 2.47. The molecule has 1 aliphatic heterocycles. The summed E-state index contributed by atoms with van der Waals surface area (Å²) in [5.41, 5.74) is 1.44. The predicted octanol–water partition coefficient (Wildman–Crippen LogP) is 2.00. The minimum absolute atomic E-state index is 0.554. The molecule has 0 aromatic heterocycles. The van der Waals surface area contributed by atoms with Gasteiger partial charge in [0.15, 0.2) is 0 Å². The minimum atomic E-state index is 0.554. The van der Waals surface area contributed by atoms with E-state index < -0.39 is 0 Å². The van der Waals surface area contributed by atoms with E-state index >= 15 is 0 Å². The Morgan fingerprint density at radius 3 is 2.53 bits per heavy atom. The van der Waals surface area contributed by atoms with Crippen LogP contribution in [-0.4, -0.2) is 43.5 Å². The van der Waals surface area contributed by atoms with Gasteiger partial charge in [-0.3, -0.25) is 4.90 Å². The van der Waals surface area contributed by atoms with Crippen molar-refractivity contribution < 1.29 is 0 Å². The molecular weight excluding hydrogens is 184 g/mol. The van der Waals surface area contributed by atoms with Gasteiger partial charge in [-0.05, 0) is 39.2 Å². The first kappa shape index (κ1) is 10.7. The van der Waals surface area contributed by atoms with Crippen molar-refractivity contribution in [1.82, 2.24) is 9.80 Å². The van der Waals surface area contributed by atoms with E-state index in [0.717, 1.165) is 6.54 Å². The van der Waals surface area contributed by atoms with Crippen molar-refractivity contribution in [2.24, 2.45) is 0 Å². The molecule has 0 spiro atoms. The van der Waals surface area contributed by atoms with E-state index in [9.17, 15) is 0 Å². The van der Waals surface area contributed by atoms with Crippen molar-refractivity contribution in [2.75, 3.05) is 33.7 Å². The van der Waals surface area contributed by atoms with Crippen LogP contribution < -0.4 is 0 Å². The van der Waals surface area contributed by atoms with E-state index in [2.05, 4.69) is 54.2 Å². The van der Waals surface area contributed by atoms with Crippen LogP contribution in [0, 0.1) is 0 Å². The topological polar surface area (TPSA) is 6.48 Å². The van der Waals surface area contributed by atoms with Crippen molar-refractivity contribution >= 4 is 0 Å². The fourth-order valence-corrected chi connectivity index (χ4v) is 2.31. The van der Waals surface area contributed by atoms with Gasteiger partial charge in [-0.1, -0.05) is 30.3 Å². The van der Waals surface area contributed by atoms with Crippen LogP contribution in [0.1, 0.15) is 18.0 Å². The summed E-state index contributed by atoms with van der Waals surface area (Å²) < 4.78 is 0. The lowest BCUT2D eigenvalue weighted by atomic mass is 10.1. The molecule has 1 fully saturated rings. The smallest absolute Gasteiger partial charge is 0.0472 e. The molecule has 0 radical (unpaired) electrons. The molecule has 1 aromatic rings. The summed E-state index contributed by atoms with van der Waals surface area (Å²) in [5, 5.41) is 0. The van der Waals surface area contributed by atoms with E-state index in [4.69, 9.17) is 0 Å². The maximum Gasteiger partial charge on any atom is 0.0472 e. The van der Waals surface area contributed by atoms with Gasteiger partial charge in [-0.15, -0.1) is 0 Å². The molecule has 82 valence electrons. The summed E-state index contributed by atoms with van der Waals surface area (Å²) in [6.45, 7) is 3.55. The van der Waals surface area contributed by atoms with Crippen LogP contribution in [0.15, 0.2) is 30.3 Å². The van der Waals surface area contributed by atoms with E-state index in [1.165, 1.54) is 25.1 Å². The van der Waals surface area contributed by atoms with Gasteiger partial charge in [0.1, 0.15) is 0 Å². The summed E-state index contributed by atoms with van der Waals surface area (Å²) in [7, 11) is 4.45. The standard InChI is InChI=1S/C13H20N2/c1-14-9-6-10-15(2)13(11-14)12-7-4-3-5-8-12/h3-5,7-8,13H,6,9-11H2,1-2H3. The van der Waals surface area contributed by atoms with Crippen LogP contribution in [-0.2, 0) is 0 Å². The monoisotopic (exact) mass is 204 g/mol. The number of hydrogen-bond acceptors (Lipinski definition) is 2. The Morgan fingerprint density at radius 2 is 1.80 bits per heavy atom. The zero-order valence-electron chi connectivity index (χ0n) is 9.69. The number of rotatable bonds is 1. The summed E-state index contributed by atoms with van der Waals surface area (Å²) in [6.07, 6.45) is 1.27. The lowest BCUT2D eigenvalue weighted by Crippen LogP contribution is -2.30.